The molecule has 0 aliphatic heterocycles. The topological polar surface area (TPSA) is 99.6 Å². The molecule has 0 radical (unpaired) electrons. The van der Waals surface area contributed by atoms with Crippen molar-refractivity contribution in [1.82, 2.24) is 0 Å². The van der Waals surface area contributed by atoms with Crippen molar-refractivity contribution < 1.29 is 0 Å². The number of hydrogen-bond donors (Lipinski definition) is 4. The predicted molar refractivity (Wildman–Crippen MR) is 75.8 cm³/mol. The lowest BCUT2D eigenvalue weighted by atomic mass is 10.1. The monoisotopic (exact) mass is 272 g/mol. The van der Waals surface area contributed by atoms with E-state index in [0.29, 0.717) is 32.3 Å². The number of nitrogens with zero attached hydrogens (tertiary/aromatic N) is 2. The van der Waals surface area contributed by atoms with E-state index in [1.54, 1.807) is 12.1 Å². The van der Waals surface area contributed by atoms with Crippen LogP contribution in [0.25, 0.3) is 11.1 Å². The Kier molecular flexibility index (Phi) is 3.00. The van der Waals surface area contributed by atoms with Gasteiger partial charge in [-0.25, -0.2) is 0 Å². The lowest BCUT2D eigenvalue weighted by molar-refractivity contribution is 1.40. The third-order valence-electron chi connectivity index (χ3n) is 2.63. The maximum absolute atomic E-state index is 9.17. The maximum Gasteiger partial charge on any atom is 0.101 e. The van der Waals surface area contributed by atoms with E-state index in [2.05, 4.69) is 25.3 Å². The van der Waals surface area contributed by atoms with Crippen LogP contribution in [-0.2, 0) is 0 Å². The smallest absolute Gasteiger partial charge is 0.101 e. The number of nitrogens with two attached hydrogens (primary N) is 2. The van der Waals surface area contributed by atoms with Gasteiger partial charge in [0.2, 0.25) is 0 Å². The Bertz CT molecular complexity index is 652. The van der Waals surface area contributed by atoms with Gasteiger partial charge in [-0.05, 0) is 12.1 Å². The fourth-order valence-electron chi connectivity index (χ4n) is 1.91. The summed E-state index contributed by atoms with van der Waals surface area (Å²) in [5, 5.41) is 18.3. The largest absolute Gasteiger partial charge is 0.398 e. The SMILES string of the molecule is N#Cc1c(S)c(C#N)c2c(N)cc(S)cc(N)c1-2. The van der Waals surface area contributed by atoms with E-state index in [1.807, 2.05) is 12.1 Å². The molecule has 4 N–H and O–H groups in total. The second-order valence-electron chi connectivity index (χ2n) is 3.70. The zero-order chi connectivity index (χ0) is 13.4. The van der Waals surface area contributed by atoms with Crippen molar-refractivity contribution in [3.63, 3.8) is 0 Å². The molecule has 0 amide bonds. The standard InChI is InChI=1S/C12H8N4S2/c13-3-6-10-8(15)1-5(17)2-9(16)11(10)7(4-14)12(6)18/h1-2,17-18H,15-16H2. The van der Waals surface area contributed by atoms with Crippen molar-refractivity contribution in [2.45, 2.75) is 9.79 Å². The van der Waals surface area contributed by atoms with E-state index >= 15 is 0 Å². The molecule has 0 bridgehead atoms. The van der Waals surface area contributed by atoms with E-state index in [9.17, 15) is 0 Å². The quantitative estimate of drug-likeness (QED) is 0.553. The molecule has 2 aliphatic carbocycles. The molecule has 0 unspecified atom stereocenters. The second-order valence-corrected chi connectivity index (χ2v) is 4.66. The van der Waals surface area contributed by atoms with Crippen LogP contribution in [0.5, 0.6) is 0 Å². The van der Waals surface area contributed by atoms with Crippen LogP contribution in [0, 0.1) is 22.7 Å². The Morgan fingerprint density at radius 2 is 1.28 bits per heavy atom. The molecule has 0 saturated carbocycles. The summed E-state index contributed by atoms with van der Waals surface area (Å²) in [5.74, 6) is 0. The average molecular weight is 272 g/mol. The highest BCUT2D eigenvalue weighted by Gasteiger charge is 2.25. The first-order valence-corrected chi connectivity index (χ1v) is 5.77. The van der Waals surface area contributed by atoms with Crippen molar-refractivity contribution in [2.75, 3.05) is 11.5 Å². The molecule has 2 aliphatic rings. The van der Waals surface area contributed by atoms with E-state index in [-0.39, 0.29) is 11.1 Å². The average Bonchev–Trinajstić information content (AvgIpc) is 2.54. The molecule has 0 fully saturated rings. The van der Waals surface area contributed by atoms with Crippen molar-refractivity contribution in [3.8, 4) is 23.3 Å². The molecule has 18 heavy (non-hydrogen) atoms. The van der Waals surface area contributed by atoms with Crippen molar-refractivity contribution >= 4 is 36.6 Å². The van der Waals surface area contributed by atoms with Crippen molar-refractivity contribution in [3.05, 3.63) is 23.3 Å². The number of thiol groups is 2. The summed E-state index contributed by atoms with van der Waals surface area (Å²) in [7, 11) is 0. The van der Waals surface area contributed by atoms with Gasteiger partial charge in [0.15, 0.2) is 0 Å². The molecule has 0 aromatic carbocycles. The van der Waals surface area contributed by atoms with Gasteiger partial charge < -0.3 is 11.5 Å². The van der Waals surface area contributed by atoms with Gasteiger partial charge in [-0.2, -0.15) is 10.5 Å². The van der Waals surface area contributed by atoms with Crippen LogP contribution in [-0.4, -0.2) is 0 Å². The number of nitrogen functional groups attached to an aromatic ring is 2. The minimum absolute atomic E-state index is 0.262. The third-order valence-corrected chi connectivity index (χ3v) is 3.34. The fraction of sp³-hybridized carbons (Fsp3) is 0. The van der Waals surface area contributed by atoms with Crippen LogP contribution in [0.2, 0.25) is 0 Å². The zero-order valence-electron chi connectivity index (χ0n) is 9.10. The molecule has 0 spiro atoms. The van der Waals surface area contributed by atoms with E-state index in [1.165, 1.54) is 0 Å². The van der Waals surface area contributed by atoms with E-state index < -0.39 is 0 Å². The van der Waals surface area contributed by atoms with Crippen LogP contribution in [0.3, 0.4) is 0 Å². The maximum atomic E-state index is 9.17. The molecule has 0 heterocycles. The molecular formula is C12H8N4S2. The summed E-state index contributed by atoms with van der Waals surface area (Å²) in [6, 6.07) is 7.20. The summed E-state index contributed by atoms with van der Waals surface area (Å²) < 4.78 is 0. The molecule has 88 valence electrons. The fourth-order valence-corrected chi connectivity index (χ4v) is 2.51. The molecule has 0 aromatic rings. The highest BCUT2D eigenvalue weighted by atomic mass is 32.1. The summed E-state index contributed by atoms with van der Waals surface area (Å²) in [6.07, 6.45) is 0. The number of anilines is 2. The molecule has 6 heteroatoms. The Labute approximate surface area is 115 Å². The van der Waals surface area contributed by atoms with Gasteiger partial charge in [0.25, 0.3) is 0 Å². The molecule has 0 saturated heterocycles. The predicted octanol–water partition coefficient (Wildman–Crippen LogP) is 2.28. The Morgan fingerprint density at radius 1 is 0.889 bits per heavy atom. The van der Waals surface area contributed by atoms with Crippen LogP contribution >= 0.6 is 25.3 Å². The first kappa shape index (κ1) is 12.4. The van der Waals surface area contributed by atoms with E-state index in [4.69, 9.17) is 22.0 Å². The normalized spacial score (nSPS) is 10.0. The van der Waals surface area contributed by atoms with E-state index in [0.717, 1.165) is 0 Å². The molecule has 4 nitrogen and oxygen atoms in total. The summed E-state index contributed by atoms with van der Waals surface area (Å²) in [4.78, 5) is 0.870. The number of rotatable bonds is 0. The summed E-state index contributed by atoms with van der Waals surface area (Å²) in [5.41, 5.74) is 14.0. The van der Waals surface area contributed by atoms with Gasteiger partial charge in [-0.15, -0.1) is 25.3 Å². The summed E-state index contributed by atoms with van der Waals surface area (Å²) in [6.45, 7) is 0. The number of nitriles is 2. The minimum Gasteiger partial charge on any atom is -0.398 e. The van der Waals surface area contributed by atoms with Gasteiger partial charge in [-0.1, -0.05) is 0 Å². The Hall–Kier alpha value is -2.02. The van der Waals surface area contributed by atoms with Gasteiger partial charge >= 0.3 is 0 Å². The van der Waals surface area contributed by atoms with Crippen molar-refractivity contribution in [1.29, 1.82) is 10.5 Å². The second kappa shape index (κ2) is 4.34. The highest BCUT2D eigenvalue weighted by molar-refractivity contribution is 7.80. The first-order valence-electron chi connectivity index (χ1n) is 4.88. The highest BCUT2D eigenvalue weighted by Crippen LogP contribution is 2.44. The van der Waals surface area contributed by atoms with Gasteiger partial charge in [0.05, 0.1) is 11.1 Å². The van der Waals surface area contributed by atoms with Crippen LogP contribution in [0.15, 0.2) is 21.9 Å². The van der Waals surface area contributed by atoms with Crippen molar-refractivity contribution in [2.24, 2.45) is 0 Å². The lowest BCUT2D eigenvalue weighted by Gasteiger charge is -2.01. The molecule has 0 atom stereocenters. The van der Waals surface area contributed by atoms with Gasteiger partial charge in [-0.3, -0.25) is 0 Å². The zero-order valence-corrected chi connectivity index (χ0v) is 10.9. The van der Waals surface area contributed by atoms with Crippen LogP contribution < -0.4 is 11.5 Å². The minimum atomic E-state index is 0.262. The Morgan fingerprint density at radius 3 is 1.61 bits per heavy atom. The van der Waals surface area contributed by atoms with Crippen LogP contribution in [0.1, 0.15) is 11.1 Å². The molecular weight excluding hydrogens is 264 g/mol. The Balaban J connectivity index is 3.10. The number of fused-ring (bicyclic) bond motifs is 1. The third kappa shape index (κ3) is 1.63. The van der Waals surface area contributed by atoms with Gasteiger partial charge in [0, 0.05) is 32.3 Å². The molecule has 0 aromatic heterocycles. The molecule has 2 rings (SSSR count). The lowest BCUT2D eigenvalue weighted by Crippen LogP contribution is -1.91. The van der Waals surface area contributed by atoms with Gasteiger partial charge in [0.1, 0.15) is 12.1 Å². The summed E-state index contributed by atoms with van der Waals surface area (Å²) >= 11 is 8.40. The number of hydrogen-bond acceptors (Lipinski definition) is 6. The first-order chi connectivity index (χ1) is 8.51. The van der Waals surface area contributed by atoms with Crippen LogP contribution in [0.4, 0.5) is 11.4 Å².